The molecular formula is C15H26N6O2. The van der Waals surface area contributed by atoms with E-state index < -0.39 is 0 Å². The SMILES string of the molecule is CN(C)CCNC(=O)c1ccc(NCCN2CCOCC2)nn1. The van der Waals surface area contributed by atoms with Crippen LogP contribution in [0.5, 0.6) is 0 Å². The van der Waals surface area contributed by atoms with E-state index in [1.807, 2.05) is 19.0 Å². The Bertz CT molecular complexity index is 473. The van der Waals surface area contributed by atoms with Crippen molar-refractivity contribution in [2.24, 2.45) is 0 Å². The molecule has 2 heterocycles. The molecule has 1 saturated heterocycles. The molecule has 0 unspecified atom stereocenters. The van der Waals surface area contributed by atoms with E-state index in [-0.39, 0.29) is 5.91 Å². The van der Waals surface area contributed by atoms with Gasteiger partial charge >= 0.3 is 0 Å². The number of carbonyl (C=O) groups is 1. The topological polar surface area (TPSA) is 82.6 Å². The van der Waals surface area contributed by atoms with Crippen molar-refractivity contribution in [1.82, 2.24) is 25.3 Å². The highest BCUT2D eigenvalue weighted by Gasteiger charge is 2.10. The summed E-state index contributed by atoms with van der Waals surface area (Å²) in [7, 11) is 3.92. The number of amides is 1. The smallest absolute Gasteiger partial charge is 0.271 e. The molecule has 1 fully saturated rings. The lowest BCUT2D eigenvalue weighted by molar-refractivity contribution is 0.0398. The summed E-state index contributed by atoms with van der Waals surface area (Å²) in [6, 6.07) is 3.47. The van der Waals surface area contributed by atoms with Crippen LogP contribution in [0, 0.1) is 0 Å². The van der Waals surface area contributed by atoms with E-state index >= 15 is 0 Å². The number of rotatable bonds is 8. The van der Waals surface area contributed by atoms with Crippen molar-refractivity contribution in [3.05, 3.63) is 17.8 Å². The number of carbonyl (C=O) groups excluding carboxylic acids is 1. The summed E-state index contributed by atoms with van der Waals surface area (Å²) < 4.78 is 5.32. The first-order valence-corrected chi connectivity index (χ1v) is 7.96. The molecule has 8 nitrogen and oxygen atoms in total. The first-order valence-electron chi connectivity index (χ1n) is 7.96. The monoisotopic (exact) mass is 322 g/mol. The summed E-state index contributed by atoms with van der Waals surface area (Å²) in [6.45, 7) is 6.67. The first-order chi connectivity index (χ1) is 11.1. The molecule has 1 amide bonds. The fraction of sp³-hybridized carbons (Fsp3) is 0.667. The van der Waals surface area contributed by atoms with E-state index in [9.17, 15) is 4.79 Å². The quantitative estimate of drug-likeness (QED) is 0.668. The zero-order valence-corrected chi connectivity index (χ0v) is 13.9. The third kappa shape index (κ3) is 6.47. The van der Waals surface area contributed by atoms with Crippen LogP contribution in [0.3, 0.4) is 0 Å². The Balaban J connectivity index is 1.70. The fourth-order valence-corrected chi connectivity index (χ4v) is 2.20. The number of aromatic nitrogens is 2. The van der Waals surface area contributed by atoms with Crippen LogP contribution < -0.4 is 10.6 Å². The number of nitrogens with one attached hydrogen (secondary N) is 2. The average Bonchev–Trinajstić information content (AvgIpc) is 2.56. The Morgan fingerprint density at radius 3 is 2.70 bits per heavy atom. The molecule has 0 atom stereocenters. The number of hydrogen-bond acceptors (Lipinski definition) is 7. The maximum absolute atomic E-state index is 11.9. The highest BCUT2D eigenvalue weighted by atomic mass is 16.5. The molecule has 0 saturated carbocycles. The Labute approximate surface area is 137 Å². The van der Waals surface area contributed by atoms with Crippen LogP contribution in [-0.2, 0) is 4.74 Å². The minimum atomic E-state index is -0.195. The summed E-state index contributed by atoms with van der Waals surface area (Å²) in [5.74, 6) is 0.488. The van der Waals surface area contributed by atoms with Crippen LogP contribution in [0.2, 0.25) is 0 Å². The Kier molecular flexibility index (Phi) is 7.18. The standard InChI is InChI=1S/C15H26N6O2/c1-20(2)7-5-17-15(22)13-3-4-14(19-18-13)16-6-8-21-9-11-23-12-10-21/h3-4H,5-12H2,1-2H3,(H,16,19)(H,17,22). The fourth-order valence-electron chi connectivity index (χ4n) is 2.20. The highest BCUT2D eigenvalue weighted by molar-refractivity contribution is 5.92. The number of morpholine rings is 1. The molecule has 128 valence electrons. The number of likely N-dealkylation sites (N-methyl/N-ethyl adjacent to an activating group) is 1. The maximum Gasteiger partial charge on any atom is 0.271 e. The Morgan fingerprint density at radius 2 is 2.04 bits per heavy atom. The van der Waals surface area contributed by atoms with Gasteiger partial charge in [-0.2, -0.15) is 0 Å². The van der Waals surface area contributed by atoms with Gasteiger partial charge in [-0.1, -0.05) is 0 Å². The second-order valence-corrected chi connectivity index (χ2v) is 5.74. The molecule has 1 aromatic heterocycles. The normalized spacial score (nSPS) is 15.6. The van der Waals surface area contributed by atoms with E-state index in [4.69, 9.17) is 4.74 Å². The van der Waals surface area contributed by atoms with Crippen LogP contribution in [0.25, 0.3) is 0 Å². The van der Waals surface area contributed by atoms with Crippen molar-refractivity contribution >= 4 is 11.7 Å². The van der Waals surface area contributed by atoms with Gasteiger partial charge in [0.1, 0.15) is 5.82 Å². The third-order valence-electron chi connectivity index (χ3n) is 3.58. The average molecular weight is 322 g/mol. The van der Waals surface area contributed by atoms with Gasteiger partial charge in [-0.15, -0.1) is 10.2 Å². The summed E-state index contributed by atoms with van der Waals surface area (Å²) in [4.78, 5) is 16.2. The molecule has 1 aliphatic rings. The van der Waals surface area contributed by atoms with Crippen molar-refractivity contribution < 1.29 is 9.53 Å². The second kappa shape index (κ2) is 9.39. The molecule has 1 aromatic rings. The predicted octanol–water partition coefficient (Wildman–Crippen LogP) is -0.488. The van der Waals surface area contributed by atoms with E-state index in [0.717, 1.165) is 45.9 Å². The molecule has 23 heavy (non-hydrogen) atoms. The van der Waals surface area contributed by atoms with Gasteiger partial charge < -0.3 is 20.3 Å². The highest BCUT2D eigenvalue weighted by Crippen LogP contribution is 2.02. The van der Waals surface area contributed by atoms with Gasteiger partial charge in [0.15, 0.2) is 5.69 Å². The Morgan fingerprint density at radius 1 is 1.26 bits per heavy atom. The second-order valence-electron chi connectivity index (χ2n) is 5.74. The van der Waals surface area contributed by atoms with E-state index in [0.29, 0.717) is 18.1 Å². The van der Waals surface area contributed by atoms with Crippen LogP contribution in [-0.4, -0.2) is 92.5 Å². The first kappa shape index (κ1) is 17.6. The molecule has 1 aliphatic heterocycles. The van der Waals surface area contributed by atoms with Crippen molar-refractivity contribution in [3.63, 3.8) is 0 Å². The van der Waals surface area contributed by atoms with Gasteiger partial charge in [-0.25, -0.2) is 0 Å². The molecule has 0 radical (unpaired) electrons. The van der Waals surface area contributed by atoms with Gasteiger partial charge in [0, 0.05) is 39.3 Å². The summed E-state index contributed by atoms with van der Waals surface area (Å²) >= 11 is 0. The van der Waals surface area contributed by atoms with Crippen LogP contribution in [0.1, 0.15) is 10.5 Å². The Hall–Kier alpha value is -1.77. The third-order valence-corrected chi connectivity index (χ3v) is 3.58. The lowest BCUT2D eigenvalue weighted by Crippen LogP contribution is -2.39. The molecule has 0 aliphatic carbocycles. The molecule has 2 N–H and O–H groups in total. The van der Waals surface area contributed by atoms with Gasteiger partial charge in [0.2, 0.25) is 0 Å². The molecule has 0 bridgehead atoms. The summed E-state index contributed by atoms with van der Waals surface area (Å²) in [6.07, 6.45) is 0. The summed E-state index contributed by atoms with van der Waals surface area (Å²) in [5.41, 5.74) is 0.336. The molecule has 0 aromatic carbocycles. The molecule has 2 rings (SSSR count). The van der Waals surface area contributed by atoms with E-state index in [1.165, 1.54) is 0 Å². The number of nitrogens with zero attached hydrogens (tertiary/aromatic N) is 4. The van der Waals surface area contributed by atoms with Gasteiger partial charge in [-0.3, -0.25) is 9.69 Å². The predicted molar refractivity (Wildman–Crippen MR) is 88.7 cm³/mol. The van der Waals surface area contributed by atoms with E-state index in [2.05, 4.69) is 25.7 Å². The maximum atomic E-state index is 11.9. The van der Waals surface area contributed by atoms with Gasteiger partial charge in [0.25, 0.3) is 5.91 Å². The van der Waals surface area contributed by atoms with Crippen molar-refractivity contribution in [2.75, 3.05) is 71.9 Å². The van der Waals surface area contributed by atoms with Crippen LogP contribution in [0.4, 0.5) is 5.82 Å². The summed E-state index contributed by atoms with van der Waals surface area (Å²) in [5, 5.41) is 14.1. The largest absolute Gasteiger partial charge is 0.379 e. The van der Waals surface area contributed by atoms with Gasteiger partial charge in [-0.05, 0) is 26.2 Å². The zero-order chi connectivity index (χ0) is 16.5. The lowest BCUT2D eigenvalue weighted by Gasteiger charge is -2.26. The van der Waals surface area contributed by atoms with E-state index in [1.54, 1.807) is 12.1 Å². The van der Waals surface area contributed by atoms with Crippen LogP contribution >= 0.6 is 0 Å². The van der Waals surface area contributed by atoms with Gasteiger partial charge in [0.05, 0.1) is 13.2 Å². The minimum absolute atomic E-state index is 0.195. The number of anilines is 1. The molecule has 8 heteroatoms. The number of hydrogen-bond donors (Lipinski definition) is 2. The molecular weight excluding hydrogens is 296 g/mol. The zero-order valence-electron chi connectivity index (χ0n) is 13.9. The number of ether oxygens (including phenoxy) is 1. The lowest BCUT2D eigenvalue weighted by atomic mass is 10.3. The van der Waals surface area contributed by atoms with Crippen LogP contribution in [0.15, 0.2) is 12.1 Å². The van der Waals surface area contributed by atoms with Crippen molar-refractivity contribution in [2.45, 2.75) is 0 Å². The molecule has 0 spiro atoms. The van der Waals surface area contributed by atoms with Crippen molar-refractivity contribution in [1.29, 1.82) is 0 Å². The van der Waals surface area contributed by atoms with Crippen molar-refractivity contribution in [3.8, 4) is 0 Å². The minimum Gasteiger partial charge on any atom is -0.379 e.